The zero-order chi connectivity index (χ0) is 27.1. The number of aromatic nitrogens is 4. The highest BCUT2D eigenvalue weighted by atomic mass is 19.3. The van der Waals surface area contributed by atoms with Gasteiger partial charge in [-0.25, -0.2) is 9.18 Å². The van der Waals surface area contributed by atoms with Crippen LogP contribution in [0.15, 0.2) is 75.9 Å². The van der Waals surface area contributed by atoms with Gasteiger partial charge in [-0.1, -0.05) is 30.3 Å². The van der Waals surface area contributed by atoms with Crippen LogP contribution in [0.3, 0.4) is 0 Å². The molecule has 0 saturated carbocycles. The monoisotopic (exact) mass is 533 g/mol. The number of hydrogen-bond donors (Lipinski definition) is 0. The van der Waals surface area contributed by atoms with E-state index in [2.05, 4.69) is 22.1 Å². The minimum absolute atomic E-state index is 0.00706. The molecule has 39 heavy (non-hydrogen) atoms. The maximum absolute atomic E-state index is 14.0. The average molecular weight is 534 g/mol. The highest BCUT2D eigenvalue weighted by Crippen LogP contribution is 2.30. The second-order valence-electron chi connectivity index (χ2n) is 9.93. The van der Waals surface area contributed by atoms with Gasteiger partial charge >= 0.3 is 12.1 Å². The van der Waals surface area contributed by atoms with Gasteiger partial charge < -0.3 is 9.32 Å². The van der Waals surface area contributed by atoms with Crippen molar-refractivity contribution in [1.29, 1.82) is 0 Å². The highest BCUT2D eigenvalue weighted by Gasteiger charge is 2.24. The molecular weight excluding hydrogens is 507 g/mol. The largest absolute Gasteiger partial charge is 0.415 e. The molecule has 5 aromatic rings. The Hall–Kier alpha value is -4.18. The molecule has 0 spiro atoms. The third kappa shape index (κ3) is 4.87. The average Bonchev–Trinajstić information content (AvgIpc) is 3.53. The van der Waals surface area contributed by atoms with E-state index in [-0.39, 0.29) is 23.4 Å². The lowest BCUT2D eigenvalue weighted by Gasteiger charge is -2.29. The van der Waals surface area contributed by atoms with E-state index in [1.54, 1.807) is 22.8 Å². The van der Waals surface area contributed by atoms with E-state index in [0.717, 1.165) is 53.7 Å². The third-order valence-corrected chi connectivity index (χ3v) is 7.34. The molecule has 200 valence electrons. The quantitative estimate of drug-likeness (QED) is 0.271. The van der Waals surface area contributed by atoms with Crippen molar-refractivity contribution in [2.24, 2.45) is 0 Å². The van der Waals surface area contributed by atoms with E-state index in [9.17, 15) is 18.0 Å². The maximum atomic E-state index is 14.0. The lowest BCUT2D eigenvalue weighted by Crippen LogP contribution is -2.36. The fourth-order valence-electron chi connectivity index (χ4n) is 5.26. The summed E-state index contributed by atoms with van der Waals surface area (Å²) in [5.41, 5.74) is 4.41. The topological polar surface area (TPSA) is 69.1 Å². The van der Waals surface area contributed by atoms with Gasteiger partial charge in [0, 0.05) is 11.6 Å². The van der Waals surface area contributed by atoms with Crippen LogP contribution < -0.4 is 5.69 Å². The second kappa shape index (κ2) is 10.2. The zero-order valence-electron chi connectivity index (χ0n) is 21.2. The van der Waals surface area contributed by atoms with Crippen LogP contribution in [-0.4, -0.2) is 44.4 Å². The summed E-state index contributed by atoms with van der Waals surface area (Å²) < 4.78 is 48.3. The molecule has 0 bridgehead atoms. The fourth-order valence-corrected chi connectivity index (χ4v) is 5.26. The Labute approximate surface area is 222 Å². The molecule has 0 N–H and O–H groups in total. The van der Waals surface area contributed by atoms with Crippen molar-refractivity contribution in [1.82, 2.24) is 24.2 Å². The van der Waals surface area contributed by atoms with Crippen LogP contribution in [-0.2, 0) is 6.54 Å². The van der Waals surface area contributed by atoms with Crippen molar-refractivity contribution in [3.05, 3.63) is 94.5 Å². The molecular formula is C29H26F3N5O2. The van der Waals surface area contributed by atoms with E-state index in [1.807, 2.05) is 41.0 Å². The number of halogens is 3. The molecule has 3 heterocycles. The number of piperidine rings is 1. The van der Waals surface area contributed by atoms with Crippen LogP contribution in [0.1, 0.15) is 36.8 Å². The molecule has 0 atom stereocenters. The standard InChI is InChI=1S/C29H26F3N5O2/c1-35-13-11-23(12-14-35)37-24-10-9-21(20-3-2-4-22(30)15-20)16-25(24)36(29(37)38)17-18-5-7-19(8-6-18)27-33-34-28(39-27)26(31)32/h2-10,15-16,23,26H,11-14,17H2,1H3. The summed E-state index contributed by atoms with van der Waals surface area (Å²) in [6.45, 7) is 2.12. The first kappa shape index (κ1) is 25.1. The van der Waals surface area contributed by atoms with Gasteiger partial charge in [0.15, 0.2) is 0 Å². The fraction of sp³-hybridized carbons (Fsp3) is 0.276. The molecule has 1 aliphatic heterocycles. The summed E-state index contributed by atoms with van der Waals surface area (Å²) in [5, 5.41) is 7.07. The SMILES string of the molecule is CN1CCC(n2c(=O)n(Cc3ccc(-c4nnc(C(F)F)o4)cc3)c3cc(-c4cccc(F)c4)ccc32)CC1. The molecule has 2 aromatic heterocycles. The van der Waals surface area contributed by atoms with Crippen molar-refractivity contribution in [2.45, 2.75) is 31.9 Å². The second-order valence-corrected chi connectivity index (χ2v) is 9.93. The normalized spacial score (nSPS) is 15.0. The molecule has 0 aliphatic carbocycles. The van der Waals surface area contributed by atoms with Crippen molar-refractivity contribution < 1.29 is 17.6 Å². The summed E-state index contributed by atoms with van der Waals surface area (Å²) in [7, 11) is 2.08. The number of imidazole rings is 1. The van der Waals surface area contributed by atoms with E-state index in [4.69, 9.17) is 4.42 Å². The lowest BCUT2D eigenvalue weighted by atomic mass is 10.0. The summed E-state index contributed by atoms with van der Waals surface area (Å²) in [5.74, 6) is -1.04. The smallest absolute Gasteiger partial charge is 0.329 e. The number of nitrogens with zero attached hydrogens (tertiary/aromatic N) is 5. The van der Waals surface area contributed by atoms with E-state index < -0.39 is 12.3 Å². The van der Waals surface area contributed by atoms with Crippen LogP contribution in [0.2, 0.25) is 0 Å². The van der Waals surface area contributed by atoms with Gasteiger partial charge in [0.05, 0.1) is 17.6 Å². The summed E-state index contributed by atoms with van der Waals surface area (Å²) in [6.07, 6.45) is -1.09. The molecule has 6 rings (SSSR count). The molecule has 1 saturated heterocycles. The molecule has 3 aromatic carbocycles. The Morgan fingerprint density at radius 1 is 0.923 bits per heavy atom. The van der Waals surface area contributed by atoms with Gasteiger partial charge in [0.25, 0.3) is 5.89 Å². The number of fused-ring (bicyclic) bond motifs is 1. The maximum Gasteiger partial charge on any atom is 0.329 e. The number of benzene rings is 3. The van der Waals surface area contributed by atoms with Crippen LogP contribution in [0.5, 0.6) is 0 Å². The first-order valence-corrected chi connectivity index (χ1v) is 12.8. The van der Waals surface area contributed by atoms with Crippen molar-refractivity contribution in [2.75, 3.05) is 20.1 Å². The lowest BCUT2D eigenvalue weighted by molar-refractivity contribution is 0.116. The number of rotatable bonds is 6. The first-order chi connectivity index (χ1) is 18.9. The van der Waals surface area contributed by atoms with Gasteiger partial charge in [-0.3, -0.25) is 9.13 Å². The van der Waals surface area contributed by atoms with Gasteiger partial charge in [-0.15, -0.1) is 10.2 Å². The predicted octanol–water partition coefficient (Wildman–Crippen LogP) is 5.91. The van der Waals surface area contributed by atoms with Gasteiger partial charge in [0.1, 0.15) is 5.82 Å². The van der Waals surface area contributed by atoms with Crippen LogP contribution >= 0.6 is 0 Å². The van der Waals surface area contributed by atoms with Crippen molar-refractivity contribution in [3.63, 3.8) is 0 Å². The molecule has 1 fully saturated rings. The van der Waals surface area contributed by atoms with Crippen LogP contribution in [0.4, 0.5) is 13.2 Å². The van der Waals surface area contributed by atoms with Crippen LogP contribution in [0.25, 0.3) is 33.6 Å². The number of likely N-dealkylation sites (tertiary alicyclic amines) is 1. The Balaban J connectivity index is 1.40. The molecule has 0 unspecified atom stereocenters. The Morgan fingerprint density at radius 3 is 2.33 bits per heavy atom. The van der Waals surface area contributed by atoms with Crippen molar-refractivity contribution >= 4 is 11.0 Å². The number of alkyl halides is 2. The third-order valence-electron chi connectivity index (χ3n) is 7.34. The Morgan fingerprint density at radius 2 is 1.64 bits per heavy atom. The minimum atomic E-state index is -2.84. The van der Waals surface area contributed by atoms with Crippen LogP contribution in [0, 0.1) is 5.82 Å². The first-order valence-electron chi connectivity index (χ1n) is 12.8. The number of hydrogen-bond acceptors (Lipinski definition) is 5. The summed E-state index contributed by atoms with van der Waals surface area (Å²) >= 11 is 0. The van der Waals surface area contributed by atoms with E-state index in [1.165, 1.54) is 12.1 Å². The summed E-state index contributed by atoms with van der Waals surface area (Å²) in [6, 6.07) is 19.3. The minimum Gasteiger partial charge on any atom is -0.415 e. The molecule has 10 heteroatoms. The molecule has 7 nitrogen and oxygen atoms in total. The molecule has 0 amide bonds. The molecule has 1 aliphatic rings. The Kier molecular flexibility index (Phi) is 6.56. The van der Waals surface area contributed by atoms with Gasteiger partial charge in [-0.2, -0.15) is 8.78 Å². The Bertz CT molecular complexity index is 1680. The zero-order valence-corrected chi connectivity index (χ0v) is 21.2. The highest BCUT2D eigenvalue weighted by molar-refractivity contribution is 5.83. The molecule has 0 radical (unpaired) electrons. The summed E-state index contributed by atoms with van der Waals surface area (Å²) in [4.78, 5) is 16.1. The van der Waals surface area contributed by atoms with Gasteiger partial charge in [-0.05, 0) is 86.1 Å². The predicted molar refractivity (Wildman–Crippen MR) is 141 cm³/mol. The van der Waals surface area contributed by atoms with Crippen molar-refractivity contribution in [3.8, 4) is 22.6 Å². The van der Waals surface area contributed by atoms with E-state index in [0.29, 0.717) is 12.1 Å². The van der Waals surface area contributed by atoms with E-state index >= 15 is 0 Å². The van der Waals surface area contributed by atoms with Gasteiger partial charge in [0.2, 0.25) is 5.89 Å².